The average Bonchev–Trinajstić information content (AvgIpc) is 3.12. The topological polar surface area (TPSA) is 77.8 Å². The van der Waals surface area contributed by atoms with Gasteiger partial charge in [-0.1, -0.05) is 18.7 Å². The molecular weight excluding hydrogens is 332 g/mol. The second-order valence-electron chi connectivity index (χ2n) is 4.82. The SMILES string of the molecule is CCc1nn(C)c(OC)c1CNc1ncnc2nc(SC)sc12. The lowest BCUT2D eigenvalue weighted by atomic mass is 10.2. The Bertz CT molecular complexity index is 828. The van der Waals surface area contributed by atoms with Gasteiger partial charge in [-0.2, -0.15) is 5.10 Å². The number of aromatic nitrogens is 5. The molecule has 0 bridgehead atoms. The summed E-state index contributed by atoms with van der Waals surface area (Å²) < 4.78 is 9.19. The first-order chi connectivity index (χ1) is 11.2. The molecule has 9 heteroatoms. The molecule has 0 aromatic carbocycles. The van der Waals surface area contributed by atoms with Gasteiger partial charge in [0, 0.05) is 13.6 Å². The lowest BCUT2D eigenvalue weighted by molar-refractivity contribution is 0.370. The van der Waals surface area contributed by atoms with Crippen LogP contribution in [0.1, 0.15) is 18.2 Å². The maximum Gasteiger partial charge on any atom is 0.216 e. The summed E-state index contributed by atoms with van der Waals surface area (Å²) in [7, 11) is 3.55. The van der Waals surface area contributed by atoms with Crippen LogP contribution in [-0.4, -0.2) is 38.1 Å². The summed E-state index contributed by atoms with van der Waals surface area (Å²) >= 11 is 3.21. The van der Waals surface area contributed by atoms with Crippen molar-refractivity contribution in [1.82, 2.24) is 24.7 Å². The zero-order valence-electron chi connectivity index (χ0n) is 13.5. The van der Waals surface area contributed by atoms with Crippen molar-refractivity contribution in [3.8, 4) is 5.88 Å². The molecule has 0 radical (unpaired) electrons. The molecule has 0 aliphatic carbocycles. The van der Waals surface area contributed by atoms with Gasteiger partial charge >= 0.3 is 0 Å². The van der Waals surface area contributed by atoms with Crippen LogP contribution in [0.25, 0.3) is 10.3 Å². The van der Waals surface area contributed by atoms with E-state index in [1.807, 2.05) is 13.3 Å². The molecule has 0 fully saturated rings. The number of ether oxygens (including phenoxy) is 1. The highest BCUT2D eigenvalue weighted by molar-refractivity contribution is 8.00. The van der Waals surface area contributed by atoms with Gasteiger partial charge < -0.3 is 10.1 Å². The zero-order valence-corrected chi connectivity index (χ0v) is 15.1. The largest absolute Gasteiger partial charge is 0.481 e. The third kappa shape index (κ3) is 2.98. The highest BCUT2D eigenvalue weighted by atomic mass is 32.2. The van der Waals surface area contributed by atoms with Crippen LogP contribution >= 0.6 is 23.1 Å². The first-order valence-corrected chi connectivity index (χ1v) is 9.20. The van der Waals surface area contributed by atoms with Crippen LogP contribution in [0.15, 0.2) is 10.7 Å². The first-order valence-electron chi connectivity index (χ1n) is 7.16. The number of nitrogens with one attached hydrogen (secondary N) is 1. The predicted octanol–water partition coefficient (Wildman–Crippen LogP) is 2.72. The minimum atomic E-state index is 0.596. The summed E-state index contributed by atoms with van der Waals surface area (Å²) in [6, 6.07) is 0. The quantitative estimate of drug-likeness (QED) is 0.685. The van der Waals surface area contributed by atoms with E-state index in [2.05, 4.69) is 32.3 Å². The Kier molecular flexibility index (Phi) is 4.67. The summed E-state index contributed by atoms with van der Waals surface area (Å²) in [5.41, 5.74) is 2.81. The van der Waals surface area contributed by atoms with Crippen molar-refractivity contribution >= 4 is 39.3 Å². The Balaban J connectivity index is 1.91. The number of hydrogen-bond donors (Lipinski definition) is 1. The molecule has 0 unspecified atom stereocenters. The number of thiazole rings is 1. The number of aryl methyl sites for hydroxylation is 2. The molecule has 0 aliphatic heterocycles. The molecule has 1 N–H and O–H groups in total. The molecule has 3 aromatic rings. The van der Waals surface area contributed by atoms with Crippen molar-refractivity contribution in [1.29, 1.82) is 0 Å². The van der Waals surface area contributed by atoms with Crippen LogP contribution in [-0.2, 0) is 20.0 Å². The van der Waals surface area contributed by atoms with Gasteiger partial charge in [0.25, 0.3) is 0 Å². The highest BCUT2D eigenvalue weighted by Gasteiger charge is 2.17. The van der Waals surface area contributed by atoms with Crippen molar-refractivity contribution < 1.29 is 4.74 Å². The van der Waals surface area contributed by atoms with Crippen molar-refractivity contribution in [2.75, 3.05) is 18.7 Å². The molecular formula is C14H18N6OS2. The van der Waals surface area contributed by atoms with Crippen LogP contribution in [0.5, 0.6) is 5.88 Å². The van der Waals surface area contributed by atoms with Gasteiger partial charge in [0.15, 0.2) is 9.99 Å². The normalized spacial score (nSPS) is 11.1. The molecule has 3 aromatic heterocycles. The van der Waals surface area contributed by atoms with E-state index in [-0.39, 0.29) is 0 Å². The Hall–Kier alpha value is -1.87. The lowest BCUT2D eigenvalue weighted by Crippen LogP contribution is -2.05. The van der Waals surface area contributed by atoms with Gasteiger partial charge in [-0.25, -0.2) is 19.6 Å². The Labute approximate surface area is 142 Å². The van der Waals surface area contributed by atoms with Gasteiger partial charge in [0.1, 0.15) is 16.8 Å². The average molecular weight is 350 g/mol. The summed E-state index contributed by atoms with van der Waals surface area (Å²) in [5.74, 6) is 1.56. The molecule has 122 valence electrons. The Morgan fingerprint density at radius 3 is 2.91 bits per heavy atom. The van der Waals surface area contributed by atoms with E-state index in [4.69, 9.17) is 4.74 Å². The van der Waals surface area contributed by atoms with Crippen LogP contribution in [0, 0.1) is 0 Å². The van der Waals surface area contributed by atoms with Crippen LogP contribution in [0.3, 0.4) is 0 Å². The summed E-state index contributed by atoms with van der Waals surface area (Å²) in [5, 5.41) is 7.88. The molecule has 3 heterocycles. The van der Waals surface area contributed by atoms with E-state index in [0.29, 0.717) is 6.54 Å². The summed E-state index contributed by atoms with van der Waals surface area (Å²) in [4.78, 5) is 13.1. The lowest BCUT2D eigenvalue weighted by Gasteiger charge is -2.08. The fourth-order valence-corrected chi connectivity index (χ4v) is 3.92. The van der Waals surface area contributed by atoms with Gasteiger partial charge in [-0.15, -0.1) is 11.3 Å². The number of rotatable bonds is 6. The third-order valence-corrected chi connectivity index (χ3v) is 5.51. The van der Waals surface area contributed by atoms with E-state index in [1.54, 1.807) is 34.9 Å². The van der Waals surface area contributed by atoms with E-state index >= 15 is 0 Å². The van der Waals surface area contributed by atoms with Crippen LogP contribution < -0.4 is 10.1 Å². The first kappa shape index (κ1) is 16.0. The minimum Gasteiger partial charge on any atom is -0.481 e. The Morgan fingerprint density at radius 1 is 1.39 bits per heavy atom. The van der Waals surface area contributed by atoms with Crippen molar-refractivity contribution in [3.63, 3.8) is 0 Å². The van der Waals surface area contributed by atoms with E-state index in [1.165, 1.54) is 6.33 Å². The number of nitrogens with zero attached hydrogens (tertiary/aromatic N) is 5. The summed E-state index contributed by atoms with van der Waals surface area (Å²) in [6.07, 6.45) is 4.40. The van der Waals surface area contributed by atoms with Gasteiger partial charge in [0.05, 0.1) is 18.4 Å². The second-order valence-corrected chi connectivity index (χ2v) is 6.88. The monoisotopic (exact) mass is 350 g/mol. The number of methoxy groups -OCH3 is 1. The molecule has 0 saturated carbocycles. The molecule has 23 heavy (non-hydrogen) atoms. The molecule has 3 rings (SSSR count). The van der Waals surface area contributed by atoms with Crippen LogP contribution in [0.2, 0.25) is 0 Å². The van der Waals surface area contributed by atoms with Crippen molar-refractivity contribution in [2.45, 2.75) is 24.2 Å². The Morgan fingerprint density at radius 2 is 2.22 bits per heavy atom. The van der Waals surface area contributed by atoms with Crippen molar-refractivity contribution in [3.05, 3.63) is 17.6 Å². The van der Waals surface area contributed by atoms with Gasteiger partial charge in [0.2, 0.25) is 5.88 Å². The summed E-state index contributed by atoms with van der Waals surface area (Å²) in [6.45, 7) is 2.68. The molecule has 0 atom stereocenters. The number of thioether (sulfide) groups is 1. The van der Waals surface area contributed by atoms with Crippen molar-refractivity contribution in [2.24, 2.45) is 7.05 Å². The zero-order chi connectivity index (χ0) is 16.4. The minimum absolute atomic E-state index is 0.596. The molecule has 0 spiro atoms. The molecule has 0 aliphatic rings. The van der Waals surface area contributed by atoms with E-state index < -0.39 is 0 Å². The number of anilines is 1. The fraction of sp³-hybridized carbons (Fsp3) is 0.429. The molecule has 0 amide bonds. The van der Waals surface area contributed by atoms with E-state index in [0.717, 1.165) is 44.1 Å². The number of hydrogen-bond acceptors (Lipinski definition) is 8. The van der Waals surface area contributed by atoms with Gasteiger partial charge in [-0.3, -0.25) is 0 Å². The predicted molar refractivity (Wildman–Crippen MR) is 93.5 cm³/mol. The molecule has 0 saturated heterocycles. The smallest absolute Gasteiger partial charge is 0.216 e. The van der Waals surface area contributed by atoms with Gasteiger partial charge in [-0.05, 0) is 12.7 Å². The third-order valence-electron chi connectivity index (χ3n) is 3.48. The number of fused-ring (bicyclic) bond motifs is 1. The highest BCUT2D eigenvalue weighted by Crippen LogP contribution is 2.31. The molecule has 7 nitrogen and oxygen atoms in total. The standard InChI is InChI=1S/C14H18N6OS2/c1-5-9-8(13(21-3)20(2)19-9)6-15-11-10-12(17-7-16-11)18-14(22-4)23-10/h7H,5-6H2,1-4H3,(H,15,16,17). The van der Waals surface area contributed by atoms with E-state index in [9.17, 15) is 0 Å². The van der Waals surface area contributed by atoms with Crippen LogP contribution in [0.4, 0.5) is 5.82 Å². The maximum atomic E-state index is 5.47. The fourth-order valence-electron chi connectivity index (χ4n) is 2.44. The maximum absolute atomic E-state index is 5.47. The second kappa shape index (κ2) is 6.71.